The highest BCUT2D eigenvalue weighted by atomic mass is 19.1. The maximum Gasteiger partial charge on any atom is 0.228 e. The second-order valence-corrected chi connectivity index (χ2v) is 10.2. The Kier molecular flexibility index (Phi) is 7.29. The molecule has 4 heterocycles. The largest absolute Gasteiger partial charge is 0.486 e. The first kappa shape index (κ1) is 25.7. The smallest absolute Gasteiger partial charge is 0.228 e. The molecule has 0 spiro atoms. The molecule has 2 aliphatic rings. The standard InChI is InChI=1S/C28H33FN8O/c1-18(2)37-11-12-38-27-23(29)13-19(14-24(27)37)26-20(15-30)16-32-28(34-26)33-25-6-5-22(17-31-25)36-9-7-21(8-10-36)35(3)4/h5-6,13-14,16-18,21H,7-12H2,1-4H3,(H,31,32,33,34). The second-order valence-electron chi connectivity index (χ2n) is 10.2. The summed E-state index contributed by atoms with van der Waals surface area (Å²) >= 11 is 0. The fraction of sp³-hybridized carbons (Fsp3) is 0.429. The zero-order valence-corrected chi connectivity index (χ0v) is 22.3. The van der Waals surface area contributed by atoms with Crippen LogP contribution in [-0.2, 0) is 0 Å². The van der Waals surface area contributed by atoms with Gasteiger partial charge in [-0.3, -0.25) is 0 Å². The lowest BCUT2D eigenvalue weighted by molar-refractivity contribution is 0.249. The number of aromatic nitrogens is 3. The van der Waals surface area contributed by atoms with Crippen molar-refractivity contribution in [2.75, 3.05) is 55.5 Å². The van der Waals surface area contributed by atoms with E-state index in [0.29, 0.717) is 42.0 Å². The van der Waals surface area contributed by atoms with Gasteiger partial charge in [0.2, 0.25) is 5.95 Å². The van der Waals surface area contributed by atoms with Crippen molar-refractivity contribution in [2.45, 2.75) is 38.8 Å². The van der Waals surface area contributed by atoms with Gasteiger partial charge in [0.15, 0.2) is 11.6 Å². The lowest BCUT2D eigenvalue weighted by atomic mass is 10.0. The Morgan fingerprint density at radius 1 is 1.13 bits per heavy atom. The molecule has 2 aliphatic heterocycles. The summed E-state index contributed by atoms with van der Waals surface area (Å²) in [6.45, 7) is 7.18. The predicted molar refractivity (Wildman–Crippen MR) is 147 cm³/mol. The topological polar surface area (TPSA) is 93.4 Å². The van der Waals surface area contributed by atoms with Crippen molar-refractivity contribution in [3.63, 3.8) is 0 Å². The Hall–Kier alpha value is -3.97. The van der Waals surface area contributed by atoms with Crippen LogP contribution in [0.4, 0.5) is 27.5 Å². The van der Waals surface area contributed by atoms with E-state index in [2.05, 4.69) is 69.0 Å². The highest BCUT2D eigenvalue weighted by Gasteiger charge is 2.26. The number of anilines is 4. The normalized spacial score (nSPS) is 15.8. The van der Waals surface area contributed by atoms with Crippen LogP contribution in [-0.4, -0.2) is 72.3 Å². The van der Waals surface area contributed by atoms with Crippen LogP contribution < -0.4 is 19.9 Å². The predicted octanol–water partition coefficient (Wildman–Crippen LogP) is 4.43. The third-order valence-electron chi connectivity index (χ3n) is 7.27. The molecule has 38 heavy (non-hydrogen) atoms. The van der Waals surface area contributed by atoms with Crippen LogP contribution in [0.1, 0.15) is 32.3 Å². The molecule has 0 bridgehead atoms. The Labute approximate surface area is 222 Å². The summed E-state index contributed by atoms with van der Waals surface area (Å²) in [4.78, 5) is 20.2. The Morgan fingerprint density at radius 3 is 2.58 bits per heavy atom. The van der Waals surface area contributed by atoms with E-state index >= 15 is 4.39 Å². The minimum Gasteiger partial charge on any atom is -0.486 e. The molecule has 0 saturated carbocycles. The molecule has 1 fully saturated rings. The van der Waals surface area contributed by atoms with E-state index < -0.39 is 5.82 Å². The number of nitriles is 1. The first-order valence-electron chi connectivity index (χ1n) is 13.0. The van der Waals surface area contributed by atoms with Gasteiger partial charge in [-0.05, 0) is 65.0 Å². The first-order chi connectivity index (χ1) is 18.3. The number of hydrogen-bond donors (Lipinski definition) is 1. The van der Waals surface area contributed by atoms with Crippen molar-refractivity contribution in [1.29, 1.82) is 5.26 Å². The van der Waals surface area contributed by atoms with E-state index in [-0.39, 0.29) is 23.3 Å². The molecule has 0 amide bonds. The molecule has 3 aromatic rings. The SMILES string of the molecule is CC(C)N1CCOc2c(F)cc(-c3nc(Nc4ccc(N5CCC(N(C)C)CC5)cn4)ncc3C#N)cc21. The average molecular weight is 517 g/mol. The van der Waals surface area contributed by atoms with Crippen molar-refractivity contribution in [1.82, 2.24) is 19.9 Å². The minimum absolute atomic E-state index is 0.166. The van der Waals surface area contributed by atoms with Gasteiger partial charge in [-0.25, -0.2) is 19.3 Å². The molecule has 1 N–H and O–H groups in total. The van der Waals surface area contributed by atoms with Crippen LogP contribution in [0.2, 0.25) is 0 Å². The summed E-state index contributed by atoms with van der Waals surface area (Å²) in [5, 5.41) is 12.8. The van der Waals surface area contributed by atoms with Crippen molar-refractivity contribution >= 4 is 23.1 Å². The van der Waals surface area contributed by atoms with E-state index in [1.165, 1.54) is 12.3 Å². The maximum absolute atomic E-state index is 15.1. The number of benzene rings is 1. The molecule has 2 aromatic heterocycles. The number of halogens is 1. The van der Waals surface area contributed by atoms with Gasteiger partial charge in [0.1, 0.15) is 18.5 Å². The average Bonchev–Trinajstić information content (AvgIpc) is 2.93. The molecule has 0 aliphatic carbocycles. The fourth-order valence-electron chi connectivity index (χ4n) is 5.12. The number of rotatable bonds is 6. The number of piperidine rings is 1. The zero-order valence-electron chi connectivity index (χ0n) is 22.3. The maximum atomic E-state index is 15.1. The summed E-state index contributed by atoms with van der Waals surface area (Å²) in [5.74, 6) is 0.617. The highest BCUT2D eigenvalue weighted by Crippen LogP contribution is 2.39. The summed E-state index contributed by atoms with van der Waals surface area (Å²) in [6.07, 6.45) is 5.54. The lowest BCUT2D eigenvalue weighted by Crippen LogP contribution is -2.42. The highest BCUT2D eigenvalue weighted by molar-refractivity contribution is 5.75. The van der Waals surface area contributed by atoms with Crippen LogP contribution in [0.5, 0.6) is 5.75 Å². The van der Waals surface area contributed by atoms with Gasteiger partial charge in [0.05, 0.1) is 41.6 Å². The van der Waals surface area contributed by atoms with Crippen LogP contribution >= 0.6 is 0 Å². The summed E-state index contributed by atoms with van der Waals surface area (Å²) in [6, 6.07) is 10.0. The van der Waals surface area contributed by atoms with Gasteiger partial charge in [-0.2, -0.15) is 5.26 Å². The van der Waals surface area contributed by atoms with Gasteiger partial charge in [0.25, 0.3) is 0 Å². The number of fused-ring (bicyclic) bond motifs is 1. The molecule has 0 unspecified atom stereocenters. The van der Waals surface area contributed by atoms with Gasteiger partial charge in [0, 0.05) is 30.7 Å². The summed E-state index contributed by atoms with van der Waals surface area (Å²) < 4.78 is 20.7. The number of nitrogens with one attached hydrogen (secondary N) is 1. The van der Waals surface area contributed by atoms with Gasteiger partial charge in [-0.15, -0.1) is 0 Å². The minimum atomic E-state index is -0.480. The van der Waals surface area contributed by atoms with Crippen LogP contribution in [0.3, 0.4) is 0 Å². The van der Waals surface area contributed by atoms with Crippen LogP contribution in [0.25, 0.3) is 11.3 Å². The lowest BCUT2D eigenvalue weighted by Gasteiger charge is -2.36. The number of pyridine rings is 1. The van der Waals surface area contributed by atoms with E-state index in [0.717, 1.165) is 31.6 Å². The first-order valence-corrected chi connectivity index (χ1v) is 13.0. The molecule has 1 saturated heterocycles. The van der Waals surface area contributed by atoms with E-state index in [4.69, 9.17) is 4.74 Å². The van der Waals surface area contributed by atoms with Crippen LogP contribution in [0, 0.1) is 17.1 Å². The number of hydrogen-bond acceptors (Lipinski definition) is 9. The number of nitrogens with zero attached hydrogens (tertiary/aromatic N) is 7. The molecule has 198 valence electrons. The molecule has 1 aromatic carbocycles. The molecule has 10 heteroatoms. The zero-order chi connectivity index (χ0) is 26.8. The van der Waals surface area contributed by atoms with Crippen molar-refractivity contribution in [2.24, 2.45) is 0 Å². The molecular weight excluding hydrogens is 483 g/mol. The monoisotopic (exact) mass is 516 g/mol. The third-order valence-corrected chi connectivity index (χ3v) is 7.27. The van der Waals surface area contributed by atoms with E-state index in [9.17, 15) is 5.26 Å². The number of ether oxygens (including phenoxy) is 1. The van der Waals surface area contributed by atoms with Crippen molar-refractivity contribution in [3.8, 4) is 23.1 Å². The van der Waals surface area contributed by atoms with Crippen molar-refractivity contribution in [3.05, 3.63) is 48.0 Å². The molecule has 0 atom stereocenters. The molecule has 9 nitrogen and oxygen atoms in total. The van der Waals surface area contributed by atoms with Gasteiger partial charge in [-0.1, -0.05) is 0 Å². The Morgan fingerprint density at radius 2 is 1.92 bits per heavy atom. The Bertz CT molecular complexity index is 1330. The quantitative estimate of drug-likeness (QED) is 0.511. The van der Waals surface area contributed by atoms with Crippen LogP contribution in [0.15, 0.2) is 36.7 Å². The molecular formula is C28H33FN8O. The summed E-state index contributed by atoms with van der Waals surface area (Å²) in [7, 11) is 4.27. The van der Waals surface area contributed by atoms with Gasteiger partial charge < -0.3 is 24.8 Å². The van der Waals surface area contributed by atoms with Gasteiger partial charge >= 0.3 is 0 Å². The van der Waals surface area contributed by atoms with Crippen molar-refractivity contribution < 1.29 is 9.13 Å². The molecule has 0 radical (unpaired) electrons. The second kappa shape index (κ2) is 10.8. The summed E-state index contributed by atoms with van der Waals surface area (Å²) in [5.41, 5.74) is 2.83. The van der Waals surface area contributed by atoms with E-state index in [1.807, 2.05) is 24.4 Å². The van der Waals surface area contributed by atoms with E-state index in [1.54, 1.807) is 0 Å². The Balaban J connectivity index is 1.38. The fourth-order valence-corrected chi connectivity index (χ4v) is 5.12. The third kappa shape index (κ3) is 5.20. The molecule has 5 rings (SSSR count).